The minimum atomic E-state index is -0.632. The lowest BCUT2D eigenvalue weighted by Gasteiger charge is -2.17. The van der Waals surface area contributed by atoms with E-state index in [4.69, 9.17) is 30.9 Å². The van der Waals surface area contributed by atoms with Gasteiger partial charge in [0, 0.05) is 11.3 Å². The number of aromatic nitrogens is 2. The lowest BCUT2D eigenvalue weighted by molar-refractivity contribution is -0.141. The number of ether oxygens (including phenoxy) is 3. The highest BCUT2D eigenvalue weighted by Crippen LogP contribution is 2.42. The molecular weight excluding hydrogens is 545 g/mol. The first-order chi connectivity index (χ1) is 19.7. The second-order valence-electron chi connectivity index (χ2n) is 9.70. The van der Waals surface area contributed by atoms with E-state index in [2.05, 4.69) is 20.9 Å². The number of anilines is 1. The van der Waals surface area contributed by atoms with E-state index in [-0.39, 0.29) is 40.4 Å². The van der Waals surface area contributed by atoms with E-state index in [0.717, 1.165) is 0 Å². The predicted molar refractivity (Wildman–Crippen MR) is 152 cm³/mol. The molecule has 41 heavy (non-hydrogen) atoms. The highest BCUT2D eigenvalue weighted by Gasteiger charge is 2.33. The van der Waals surface area contributed by atoms with E-state index in [1.54, 1.807) is 49.4 Å². The zero-order valence-electron chi connectivity index (χ0n) is 22.6. The number of nitrogens with two attached hydrogens (primary N) is 1. The normalized spacial score (nSPS) is 15.8. The molecule has 9 nitrogen and oxygen atoms in total. The molecule has 0 aliphatic carbocycles. The van der Waals surface area contributed by atoms with Crippen LogP contribution in [0.1, 0.15) is 30.9 Å². The van der Waals surface area contributed by atoms with Crippen molar-refractivity contribution >= 4 is 23.3 Å². The van der Waals surface area contributed by atoms with Crippen LogP contribution in [0.3, 0.4) is 0 Å². The molecule has 2 aromatic carbocycles. The molecule has 1 fully saturated rings. The first kappa shape index (κ1) is 28.1. The molecule has 2 N–H and O–H groups in total. The highest BCUT2D eigenvalue weighted by molar-refractivity contribution is 7.98. The number of benzene rings is 2. The van der Waals surface area contributed by atoms with Gasteiger partial charge in [-0.25, -0.2) is 19.2 Å². The summed E-state index contributed by atoms with van der Waals surface area (Å²) in [6, 6.07) is 15.5. The lowest BCUT2D eigenvalue weighted by Crippen LogP contribution is -2.25. The predicted octanol–water partition coefficient (Wildman–Crippen LogP) is 6.68. The van der Waals surface area contributed by atoms with Gasteiger partial charge in [-0.15, -0.1) is 0 Å². The van der Waals surface area contributed by atoms with Crippen molar-refractivity contribution in [3.05, 3.63) is 82.8 Å². The summed E-state index contributed by atoms with van der Waals surface area (Å²) in [5, 5.41) is 10.5. The Hall–Kier alpha value is -4.42. The molecule has 0 saturated carbocycles. The average Bonchev–Trinajstić information content (AvgIpc) is 3.51. The number of rotatable bonds is 8. The smallest absolute Gasteiger partial charge is 0.236 e. The molecule has 208 valence electrons. The van der Waals surface area contributed by atoms with Gasteiger partial charge in [0.25, 0.3) is 0 Å². The van der Waals surface area contributed by atoms with Gasteiger partial charge in [0.15, 0.2) is 5.79 Å². The minimum Gasteiger partial charge on any atom is -0.491 e. The van der Waals surface area contributed by atoms with Gasteiger partial charge in [-0.05, 0) is 50.6 Å². The van der Waals surface area contributed by atoms with E-state index >= 15 is 0 Å². The number of pyridine rings is 1. The molecule has 0 radical (unpaired) electrons. The Bertz CT molecular complexity index is 1670. The van der Waals surface area contributed by atoms with Crippen LogP contribution in [0.25, 0.3) is 27.4 Å². The van der Waals surface area contributed by atoms with E-state index in [0.29, 0.717) is 46.6 Å². The summed E-state index contributed by atoms with van der Waals surface area (Å²) in [6.45, 7) is 13.9. The molecule has 11 heteroatoms. The van der Waals surface area contributed by atoms with Gasteiger partial charge in [0.2, 0.25) is 11.6 Å². The molecule has 5 rings (SSSR count). The maximum absolute atomic E-state index is 14.2. The summed E-state index contributed by atoms with van der Waals surface area (Å²) in [5.74, 6) is 0.538. The summed E-state index contributed by atoms with van der Waals surface area (Å²) in [7, 11) is 0. The van der Waals surface area contributed by atoms with Gasteiger partial charge >= 0.3 is 0 Å². The Morgan fingerprint density at radius 1 is 1.22 bits per heavy atom. The van der Waals surface area contributed by atoms with E-state index in [1.807, 2.05) is 13.8 Å². The molecule has 3 heterocycles. The SMILES string of the molecule is [C-]#[N+]c1c(N)nc(SCc2nc(-c3ccccc3F)oc2C)c(C#N)c1-c1ccc(OC[C@@H]2COC(C)(C)O2)cc1. The molecule has 0 amide bonds. The largest absolute Gasteiger partial charge is 0.491 e. The van der Waals surface area contributed by atoms with Crippen LogP contribution in [0.2, 0.25) is 0 Å². The van der Waals surface area contributed by atoms with E-state index in [1.165, 1.54) is 17.8 Å². The number of nitriles is 1. The summed E-state index contributed by atoms with van der Waals surface area (Å²) in [6.07, 6.45) is -0.181. The highest BCUT2D eigenvalue weighted by atomic mass is 32.2. The number of thioether (sulfide) groups is 1. The van der Waals surface area contributed by atoms with Crippen molar-refractivity contribution in [1.82, 2.24) is 9.97 Å². The fourth-order valence-electron chi connectivity index (χ4n) is 4.37. The van der Waals surface area contributed by atoms with Crippen molar-refractivity contribution in [3.8, 4) is 34.4 Å². The number of hydrogen-bond donors (Lipinski definition) is 1. The third kappa shape index (κ3) is 6.03. The van der Waals surface area contributed by atoms with Crippen LogP contribution in [0.15, 0.2) is 58.0 Å². The van der Waals surface area contributed by atoms with Crippen LogP contribution in [-0.4, -0.2) is 35.1 Å². The molecule has 0 spiro atoms. The minimum absolute atomic E-state index is 0.0155. The number of nitrogens with zero attached hydrogens (tertiary/aromatic N) is 4. The maximum atomic E-state index is 14.2. The summed E-state index contributed by atoms with van der Waals surface area (Å²) in [5.41, 5.74) is 8.35. The monoisotopic (exact) mass is 571 g/mol. The number of oxazole rings is 1. The van der Waals surface area contributed by atoms with Gasteiger partial charge < -0.3 is 24.4 Å². The standard InChI is InChI=1S/C30H26FN5O4S/c1-17-24(35-28(39-17)21-7-5-6-8-23(21)31)16-41-29-22(13-32)25(26(34-4)27(33)36-29)18-9-11-19(12-10-18)37-14-20-15-38-30(2,3)40-20/h5-12,20H,14-16H2,1-3H3,(H2,33,36)/t20-/m1/s1. The van der Waals surface area contributed by atoms with Gasteiger partial charge in [0.05, 0.1) is 30.0 Å². The third-order valence-electron chi connectivity index (χ3n) is 6.38. The van der Waals surface area contributed by atoms with Crippen LogP contribution in [0.5, 0.6) is 5.75 Å². The number of aryl methyl sites for hydroxylation is 1. The Morgan fingerprint density at radius 3 is 2.63 bits per heavy atom. The van der Waals surface area contributed by atoms with Crippen LogP contribution in [-0.2, 0) is 15.2 Å². The zero-order chi connectivity index (χ0) is 29.1. The Morgan fingerprint density at radius 2 is 1.98 bits per heavy atom. The quantitative estimate of drug-likeness (QED) is 0.182. The van der Waals surface area contributed by atoms with E-state index < -0.39 is 11.6 Å². The molecule has 2 aromatic heterocycles. The number of halogens is 1. The van der Waals surface area contributed by atoms with Crippen LogP contribution in [0, 0.1) is 30.6 Å². The molecule has 0 unspecified atom stereocenters. The molecule has 1 aliphatic heterocycles. The van der Waals surface area contributed by atoms with Crippen molar-refractivity contribution in [2.45, 2.75) is 43.4 Å². The Labute approximate surface area is 240 Å². The molecule has 1 atom stereocenters. The van der Waals surface area contributed by atoms with Crippen LogP contribution < -0.4 is 10.5 Å². The van der Waals surface area contributed by atoms with E-state index in [9.17, 15) is 9.65 Å². The van der Waals surface area contributed by atoms with Crippen LogP contribution >= 0.6 is 11.8 Å². The fraction of sp³-hybridized carbons (Fsp3) is 0.267. The first-order valence-electron chi connectivity index (χ1n) is 12.7. The summed E-state index contributed by atoms with van der Waals surface area (Å²) in [4.78, 5) is 12.4. The first-order valence-corrected chi connectivity index (χ1v) is 13.7. The van der Waals surface area contributed by atoms with Crippen molar-refractivity contribution in [3.63, 3.8) is 0 Å². The van der Waals surface area contributed by atoms with Crippen molar-refractivity contribution in [2.24, 2.45) is 0 Å². The van der Waals surface area contributed by atoms with Gasteiger partial charge in [-0.2, -0.15) is 5.26 Å². The molecular formula is C30H26FN5O4S. The summed E-state index contributed by atoms with van der Waals surface area (Å²) >= 11 is 1.24. The number of nitrogen functional groups attached to an aromatic ring is 1. The summed E-state index contributed by atoms with van der Waals surface area (Å²) < 4.78 is 37.2. The van der Waals surface area contributed by atoms with Gasteiger partial charge in [0.1, 0.15) is 47.0 Å². The molecule has 1 aliphatic rings. The zero-order valence-corrected chi connectivity index (χ0v) is 23.4. The van der Waals surface area contributed by atoms with Crippen molar-refractivity contribution in [2.75, 3.05) is 18.9 Å². The van der Waals surface area contributed by atoms with Gasteiger partial charge in [-0.3, -0.25) is 0 Å². The number of hydrogen-bond acceptors (Lipinski definition) is 9. The Kier molecular flexibility index (Phi) is 7.95. The lowest BCUT2D eigenvalue weighted by atomic mass is 10.00. The fourth-order valence-corrected chi connectivity index (χ4v) is 5.37. The van der Waals surface area contributed by atoms with Gasteiger partial charge in [-0.1, -0.05) is 36.0 Å². The second kappa shape index (κ2) is 11.6. The molecule has 0 bridgehead atoms. The molecule has 4 aromatic rings. The van der Waals surface area contributed by atoms with Crippen molar-refractivity contribution < 1.29 is 23.0 Å². The second-order valence-corrected chi connectivity index (χ2v) is 10.7. The van der Waals surface area contributed by atoms with Crippen molar-refractivity contribution in [1.29, 1.82) is 5.26 Å². The van der Waals surface area contributed by atoms with Crippen LogP contribution in [0.4, 0.5) is 15.9 Å². The maximum Gasteiger partial charge on any atom is 0.236 e. The Balaban J connectivity index is 1.38. The topological polar surface area (TPSA) is 121 Å². The third-order valence-corrected chi connectivity index (χ3v) is 7.36. The average molecular weight is 572 g/mol. The molecule has 1 saturated heterocycles.